The monoisotopic (exact) mass is 184 g/mol. The van der Waals surface area contributed by atoms with Gasteiger partial charge < -0.3 is 4.52 Å². The molecule has 62 valence electrons. The summed E-state index contributed by atoms with van der Waals surface area (Å²) in [5, 5.41) is 0. The van der Waals surface area contributed by atoms with E-state index in [-0.39, 0.29) is 0 Å². The van der Waals surface area contributed by atoms with Crippen LogP contribution in [-0.2, 0) is 9.09 Å². The fourth-order valence-corrected chi connectivity index (χ4v) is 2.46. The molecule has 1 unspecified atom stereocenters. The Kier molecular flexibility index (Phi) is 5.42. The van der Waals surface area contributed by atoms with Crippen molar-refractivity contribution in [1.29, 1.82) is 0 Å². The summed E-state index contributed by atoms with van der Waals surface area (Å²) in [5.74, 6) is 0. The molecule has 0 aromatic heterocycles. The Balaban J connectivity index is 3.53. The molecule has 0 aliphatic rings. The summed E-state index contributed by atoms with van der Waals surface area (Å²) in [6.07, 6.45) is 2.38. The van der Waals surface area contributed by atoms with Crippen LogP contribution in [0.4, 0.5) is 0 Å². The summed E-state index contributed by atoms with van der Waals surface area (Å²) < 4.78 is 16.0. The molecule has 0 aliphatic carbocycles. The van der Waals surface area contributed by atoms with Crippen molar-refractivity contribution in [2.45, 2.75) is 26.7 Å². The van der Waals surface area contributed by atoms with E-state index in [4.69, 9.17) is 15.8 Å². The Morgan fingerprint density at radius 1 is 1.50 bits per heavy atom. The van der Waals surface area contributed by atoms with Gasteiger partial charge in [0, 0.05) is 6.16 Å². The third-order valence-corrected chi connectivity index (χ3v) is 3.39. The van der Waals surface area contributed by atoms with Crippen LogP contribution in [0.25, 0.3) is 0 Å². The summed E-state index contributed by atoms with van der Waals surface area (Å²) in [5.41, 5.74) is 0. The van der Waals surface area contributed by atoms with Gasteiger partial charge in [0.15, 0.2) is 0 Å². The zero-order valence-electron chi connectivity index (χ0n) is 6.47. The van der Waals surface area contributed by atoms with Crippen molar-refractivity contribution in [3.8, 4) is 0 Å². The number of unbranched alkanes of at least 4 members (excludes halogenated alkanes) is 1. The maximum absolute atomic E-state index is 11.1. The average Bonchev–Trinajstić information content (AvgIpc) is 1.84. The van der Waals surface area contributed by atoms with Crippen LogP contribution in [-0.4, -0.2) is 12.8 Å². The highest BCUT2D eigenvalue weighted by molar-refractivity contribution is 7.85. The average molecular weight is 185 g/mol. The summed E-state index contributed by atoms with van der Waals surface area (Å²) in [7, 11) is 0. The van der Waals surface area contributed by atoms with E-state index in [1.165, 1.54) is 0 Å². The van der Waals surface area contributed by atoms with Gasteiger partial charge in [0.1, 0.15) is 0 Å². The highest BCUT2D eigenvalue weighted by Crippen LogP contribution is 2.52. The second kappa shape index (κ2) is 5.17. The molecule has 0 bridgehead atoms. The van der Waals surface area contributed by atoms with Gasteiger partial charge in [0.05, 0.1) is 6.61 Å². The van der Waals surface area contributed by atoms with Gasteiger partial charge in [-0.05, 0) is 24.6 Å². The first-order valence-corrected chi connectivity index (χ1v) is 6.27. The highest BCUT2D eigenvalue weighted by Gasteiger charge is 2.16. The summed E-state index contributed by atoms with van der Waals surface area (Å²) >= 11 is 5.55. The molecular weight excluding hydrogens is 170 g/mol. The van der Waals surface area contributed by atoms with Gasteiger partial charge in [-0.25, -0.2) is 0 Å². The predicted molar refractivity (Wildman–Crippen MR) is 44.9 cm³/mol. The lowest BCUT2D eigenvalue weighted by Crippen LogP contribution is -1.88. The lowest BCUT2D eigenvalue weighted by Gasteiger charge is -2.07. The van der Waals surface area contributed by atoms with Gasteiger partial charge in [0.2, 0.25) is 0 Å². The van der Waals surface area contributed by atoms with Crippen molar-refractivity contribution >= 4 is 18.0 Å². The Labute approximate surface area is 67.1 Å². The molecule has 10 heavy (non-hydrogen) atoms. The van der Waals surface area contributed by atoms with Crippen molar-refractivity contribution < 1.29 is 9.09 Å². The second-order valence-corrected chi connectivity index (χ2v) is 5.52. The van der Waals surface area contributed by atoms with Crippen molar-refractivity contribution in [3.05, 3.63) is 0 Å². The normalized spacial score (nSPS) is 16.7. The molecule has 0 aromatic rings. The largest absolute Gasteiger partial charge is 0.318 e. The number of rotatable bonds is 5. The highest BCUT2D eigenvalue weighted by atomic mass is 35.7. The summed E-state index contributed by atoms with van der Waals surface area (Å²) in [4.78, 5) is 0. The minimum absolute atomic E-state index is 0.435. The molecule has 0 saturated carbocycles. The van der Waals surface area contributed by atoms with E-state index in [9.17, 15) is 4.57 Å². The van der Waals surface area contributed by atoms with Gasteiger partial charge in [-0.15, -0.1) is 0 Å². The lowest BCUT2D eigenvalue weighted by molar-refractivity contribution is 0.344. The van der Waals surface area contributed by atoms with Crippen molar-refractivity contribution in [2.75, 3.05) is 12.8 Å². The van der Waals surface area contributed by atoms with Crippen LogP contribution < -0.4 is 0 Å². The fourth-order valence-electron chi connectivity index (χ4n) is 0.604. The molecule has 4 heteroatoms. The van der Waals surface area contributed by atoms with E-state index in [2.05, 4.69) is 0 Å². The maximum Gasteiger partial charge on any atom is 0.290 e. The summed E-state index contributed by atoms with van der Waals surface area (Å²) in [6.45, 7) is 1.52. The van der Waals surface area contributed by atoms with Gasteiger partial charge in [-0.2, -0.15) is 0 Å². The quantitative estimate of drug-likeness (QED) is 0.613. The number of hydrogen-bond acceptors (Lipinski definition) is 2. The molecule has 0 rings (SSSR count). The Hall–Kier alpha value is 0.480. The van der Waals surface area contributed by atoms with E-state index in [1.807, 2.05) is 6.92 Å². The van der Waals surface area contributed by atoms with Crippen molar-refractivity contribution in [1.82, 2.24) is 0 Å². The van der Waals surface area contributed by atoms with Crippen LogP contribution in [0.5, 0.6) is 0 Å². The molecule has 0 amide bonds. The molecule has 0 radical (unpaired) electrons. The van der Waals surface area contributed by atoms with E-state index in [0.29, 0.717) is 12.8 Å². The minimum Gasteiger partial charge on any atom is -0.318 e. The van der Waals surface area contributed by atoms with E-state index >= 15 is 0 Å². The maximum atomic E-state index is 11.1. The SMILES string of the molecule is CCCCP(=O)(Cl)OCC. The van der Waals surface area contributed by atoms with Gasteiger partial charge in [-0.1, -0.05) is 13.3 Å². The Morgan fingerprint density at radius 2 is 2.10 bits per heavy atom. The van der Waals surface area contributed by atoms with Crippen LogP contribution in [0.1, 0.15) is 26.7 Å². The topological polar surface area (TPSA) is 26.3 Å². The number of hydrogen-bond donors (Lipinski definition) is 0. The van der Waals surface area contributed by atoms with Crippen molar-refractivity contribution in [3.63, 3.8) is 0 Å². The predicted octanol–water partition coefficient (Wildman–Crippen LogP) is 3.25. The minimum atomic E-state index is -2.74. The van der Waals surface area contributed by atoms with E-state index in [0.717, 1.165) is 12.8 Å². The molecular formula is C6H14ClO2P. The first-order valence-electron chi connectivity index (χ1n) is 3.55. The van der Waals surface area contributed by atoms with Crippen LogP contribution in [0.2, 0.25) is 0 Å². The Morgan fingerprint density at radius 3 is 2.50 bits per heavy atom. The van der Waals surface area contributed by atoms with Gasteiger partial charge in [0.25, 0.3) is 6.72 Å². The van der Waals surface area contributed by atoms with E-state index < -0.39 is 6.72 Å². The molecule has 0 saturated heterocycles. The molecule has 0 aliphatic heterocycles. The molecule has 0 N–H and O–H groups in total. The molecule has 0 heterocycles. The second-order valence-electron chi connectivity index (χ2n) is 2.09. The third-order valence-electron chi connectivity index (χ3n) is 1.10. The lowest BCUT2D eigenvalue weighted by atomic mass is 10.4. The van der Waals surface area contributed by atoms with Crippen LogP contribution in [0.15, 0.2) is 0 Å². The standard InChI is InChI=1S/C6H14ClO2P/c1-3-5-6-10(7,8)9-4-2/h3-6H2,1-2H3. The third kappa shape index (κ3) is 5.28. The molecule has 0 spiro atoms. The molecule has 2 nitrogen and oxygen atoms in total. The fraction of sp³-hybridized carbons (Fsp3) is 1.00. The first kappa shape index (κ1) is 10.5. The van der Waals surface area contributed by atoms with E-state index in [1.54, 1.807) is 6.92 Å². The van der Waals surface area contributed by atoms with Crippen molar-refractivity contribution in [2.24, 2.45) is 0 Å². The van der Waals surface area contributed by atoms with Gasteiger partial charge in [-0.3, -0.25) is 4.57 Å². The molecule has 0 fully saturated rings. The van der Waals surface area contributed by atoms with Gasteiger partial charge >= 0.3 is 0 Å². The number of halogens is 1. The zero-order chi connectivity index (χ0) is 8.04. The first-order chi connectivity index (χ1) is 4.62. The van der Waals surface area contributed by atoms with Crippen LogP contribution in [0.3, 0.4) is 0 Å². The smallest absolute Gasteiger partial charge is 0.290 e. The Bertz CT molecular complexity index is 127. The summed E-state index contributed by atoms with van der Waals surface area (Å²) in [6, 6.07) is 0. The van der Waals surface area contributed by atoms with Crippen LogP contribution >= 0.6 is 18.0 Å². The zero-order valence-corrected chi connectivity index (χ0v) is 8.12. The molecule has 0 aromatic carbocycles. The molecule has 1 atom stereocenters. The van der Waals surface area contributed by atoms with Crippen LogP contribution in [0, 0.1) is 0 Å².